The second kappa shape index (κ2) is 5.34. The van der Waals surface area contributed by atoms with Gasteiger partial charge in [-0.25, -0.2) is 22.5 Å². The molecule has 1 aromatic carbocycles. The maximum Gasteiger partial charge on any atom is 0.295 e. The first-order valence-electron chi connectivity index (χ1n) is 7.18. The summed E-state index contributed by atoms with van der Waals surface area (Å²) in [6.07, 6.45) is 0.441. The monoisotopic (exact) mass is 354 g/mol. The van der Waals surface area contributed by atoms with Crippen LogP contribution in [0.2, 0.25) is 5.15 Å². The summed E-state index contributed by atoms with van der Waals surface area (Å²) in [5.74, 6) is -1.47. The molecular weight excluding hydrogens is 345 g/mol. The highest BCUT2D eigenvalue weighted by molar-refractivity contribution is 6.34. The first kappa shape index (κ1) is 15.2. The predicted octanol–water partition coefficient (Wildman–Crippen LogP) is 2.86. The SMILES string of the molecule is O=c1c2nn(Cc3c(F)cccc3F)c(Cl)c2cnn1[C@@H]1C[C@H]1F. The van der Waals surface area contributed by atoms with Crippen LogP contribution in [-0.4, -0.2) is 25.7 Å². The van der Waals surface area contributed by atoms with Crippen LogP contribution in [0.5, 0.6) is 0 Å². The molecule has 3 aromatic rings. The number of nitrogens with zero attached hydrogens (tertiary/aromatic N) is 4. The highest BCUT2D eigenvalue weighted by atomic mass is 35.5. The number of rotatable bonds is 3. The Hall–Kier alpha value is -2.35. The van der Waals surface area contributed by atoms with Crippen LogP contribution in [0, 0.1) is 11.6 Å². The molecule has 24 heavy (non-hydrogen) atoms. The van der Waals surface area contributed by atoms with Crippen molar-refractivity contribution < 1.29 is 13.2 Å². The summed E-state index contributed by atoms with van der Waals surface area (Å²) in [5.41, 5.74) is -0.801. The molecule has 0 saturated heterocycles. The number of hydrogen-bond donors (Lipinski definition) is 0. The Balaban J connectivity index is 1.81. The molecule has 2 aromatic heterocycles. The maximum atomic E-state index is 13.8. The third-order valence-corrected chi connectivity index (χ3v) is 4.41. The van der Waals surface area contributed by atoms with Crippen molar-refractivity contribution in [1.82, 2.24) is 19.6 Å². The zero-order valence-electron chi connectivity index (χ0n) is 12.1. The minimum Gasteiger partial charge on any atom is -0.265 e. The van der Waals surface area contributed by atoms with Crippen molar-refractivity contribution >= 4 is 22.5 Å². The summed E-state index contributed by atoms with van der Waals surface area (Å²) in [4.78, 5) is 12.4. The topological polar surface area (TPSA) is 52.7 Å². The van der Waals surface area contributed by atoms with Crippen molar-refractivity contribution in [3.05, 3.63) is 57.1 Å². The van der Waals surface area contributed by atoms with Gasteiger partial charge in [0, 0.05) is 12.0 Å². The van der Waals surface area contributed by atoms with Crippen LogP contribution in [0.15, 0.2) is 29.2 Å². The first-order valence-corrected chi connectivity index (χ1v) is 7.56. The van der Waals surface area contributed by atoms with Crippen LogP contribution < -0.4 is 5.56 Å². The third-order valence-electron chi connectivity index (χ3n) is 4.01. The molecule has 1 aliphatic carbocycles. The van der Waals surface area contributed by atoms with E-state index in [0.717, 1.165) is 21.5 Å². The van der Waals surface area contributed by atoms with Crippen LogP contribution >= 0.6 is 11.6 Å². The minimum absolute atomic E-state index is 0.00847. The van der Waals surface area contributed by atoms with Gasteiger partial charge < -0.3 is 0 Å². The Morgan fingerprint density at radius 3 is 2.58 bits per heavy atom. The highest BCUT2D eigenvalue weighted by Gasteiger charge is 2.41. The normalized spacial score (nSPS) is 19.8. The van der Waals surface area contributed by atoms with Gasteiger partial charge in [-0.2, -0.15) is 10.2 Å². The predicted molar refractivity (Wildman–Crippen MR) is 80.8 cm³/mol. The average molecular weight is 355 g/mol. The van der Waals surface area contributed by atoms with Gasteiger partial charge in [0.15, 0.2) is 5.52 Å². The Kier molecular flexibility index (Phi) is 3.38. The van der Waals surface area contributed by atoms with Crippen molar-refractivity contribution in [2.24, 2.45) is 0 Å². The maximum absolute atomic E-state index is 13.8. The van der Waals surface area contributed by atoms with Crippen molar-refractivity contribution in [3.63, 3.8) is 0 Å². The molecule has 4 rings (SSSR count). The van der Waals surface area contributed by atoms with E-state index in [9.17, 15) is 18.0 Å². The molecule has 2 heterocycles. The summed E-state index contributed by atoms with van der Waals surface area (Å²) in [5, 5.41) is 8.25. The molecule has 1 fully saturated rings. The van der Waals surface area contributed by atoms with E-state index in [1.165, 1.54) is 12.3 Å². The van der Waals surface area contributed by atoms with Crippen LogP contribution in [0.1, 0.15) is 18.0 Å². The first-order chi connectivity index (χ1) is 11.5. The van der Waals surface area contributed by atoms with E-state index in [1.54, 1.807) is 0 Å². The molecule has 0 bridgehead atoms. The summed E-state index contributed by atoms with van der Waals surface area (Å²) in [6.45, 7) is -0.277. The van der Waals surface area contributed by atoms with Gasteiger partial charge in [0.05, 0.1) is 24.2 Å². The van der Waals surface area contributed by atoms with Crippen molar-refractivity contribution in [2.45, 2.75) is 25.2 Å². The smallest absolute Gasteiger partial charge is 0.265 e. The summed E-state index contributed by atoms with van der Waals surface area (Å²) in [7, 11) is 0. The molecule has 0 N–H and O–H groups in total. The molecule has 0 amide bonds. The zero-order valence-corrected chi connectivity index (χ0v) is 12.8. The second-order valence-electron chi connectivity index (χ2n) is 5.62. The van der Waals surface area contributed by atoms with Gasteiger partial charge in [-0.15, -0.1) is 0 Å². The van der Waals surface area contributed by atoms with Crippen molar-refractivity contribution in [3.8, 4) is 0 Å². The number of fused-ring (bicyclic) bond motifs is 1. The fraction of sp³-hybridized carbons (Fsp3) is 0.267. The highest BCUT2D eigenvalue weighted by Crippen LogP contribution is 2.37. The van der Waals surface area contributed by atoms with E-state index < -0.39 is 29.4 Å². The van der Waals surface area contributed by atoms with E-state index in [0.29, 0.717) is 0 Å². The number of hydrogen-bond acceptors (Lipinski definition) is 3. The number of alkyl halides is 1. The lowest BCUT2D eigenvalue weighted by atomic mass is 10.2. The fourth-order valence-electron chi connectivity index (χ4n) is 2.59. The molecule has 2 atom stereocenters. The number of aromatic nitrogens is 4. The Bertz CT molecular complexity index is 996. The lowest BCUT2D eigenvalue weighted by Crippen LogP contribution is -2.22. The number of benzene rings is 1. The molecule has 0 spiro atoms. The van der Waals surface area contributed by atoms with Crippen LogP contribution in [-0.2, 0) is 6.54 Å². The zero-order chi connectivity index (χ0) is 17.0. The molecule has 1 saturated carbocycles. The van der Waals surface area contributed by atoms with Gasteiger partial charge >= 0.3 is 0 Å². The van der Waals surface area contributed by atoms with E-state index in [4.69, 9.17) is 11.6 Å². The summed E-state index contributed by atoms with van der Waals surface area (Å²) < 4.78 is 42.9. The molecule has 0 unspecified atom stereocenters. The minimum atomic E-state index is -1.10. The Labute approximate surface area is 138 Å². The van der Waals surface area contributed by atoms with Crippen molar-refractivity contribution in [2.75, 3.05) is 0 Å². The van der Waals surface area contributed by atoms with Gasteiger partial charge in [-0.3, -0.25) is 4.79 Å². The van der Waals surface area contributed by atoms with Crippen LogP contribution in [0.25, 0.3) is 10.9 Å². The standard InChI is InChI=1S/C15H10ClF3N4O/c16-14-7-5-20-23(12-4-11(12)19)15(24)13(7)21-22(14)6-8-9(17)2-1-3-10(8)18/h1-3,5,11-12H,4,6H2/t11-,12-/m1/s1. The van der Waals surface area contributed by atoms with Crippen LogP contribution in [0.3, 0.4) is 0 Å². The quantitative estimate of drug-likeness (QED) is 0.726. The molecule has 5 nitrogen and oxygen atoms in total. The summed E-state index contributed by atoms with van der Waals surface area (Å²) >= 11 is 6.15. The van der Waals surface area contributed by atoms with Gasteiger partial charge in [-0.05, 0) is 12.1 Å². The Morgan fingerprint density at radius 1 is 1.29 bits per heavy atom. The molecular formula is C15H10ClF3N4O. The number of halogens is 4. The second-order valence-corrected chi connectivity index (χ2v) is 5.98. The Morgan fingerprint density at radius 2 is 1.96 bits per heavy atom. The van der Waals surface area contributed by atoms with Gasteiger partial charge in [0.2, 0.25) is 0 Å². The van der Waals surface area contributed by atoms with Crippen molar-refractivity contribution in [1.29, 1.82) is 0 Å². The molecule has 0 radical (unpaired) electrons. The lowest BCUT2D eigenvalue weighted by molar-refractivity contribution is 0.423. The third kappa shape index (κ3) is 2.29. The van der Waals surface area contributed by atoms with Gasteiger partial charge in [-0.1, -0.05) is 17.7 Å². The van der Waals surface area contributed by atoms with E-state index in [-0.39, 0.29) is 34.6 Å². The lowest BCUT2D eigenvalue weighted by Gasteiger charge is -2.05. The largest absolute Gasteiger partial charge is 0.295 e. The fourth-order valence-corrected chi connectivity index (χ4v) is 2.82. The van der Waals surface area contributed by atoms with E-state index >= 15 is 0 Å². The molecule has 0 aliphatic heterocycles. The molecule has 1 aliphatic rings. The van der Waals surface area contributed by atoms with Crippen LogP contribution in [0.4, 0.5) is 13.2 Å². The van der Waals surface area contributed by atoms with E-state index in [1.807, 2.05) is 0 Å². The average Bonchev–Trinajstić information content (AvgIpc) is 3.17. The van der Waals surface area contributed by atoms with E-state index in [2.05, 4.69) is 10.2 Å². The molecule has 124 valence electrons. The van der Waals surface area contributed by atoms with Gasteiger partial charge in [0.25, 0.3) is 5.56 Å². The molecule has 9 heteroatoms. The van der Waals surface area contributed by atoms with Gasteiger partial charge in [0.1, 0.15) is 23.0 Å². The summed E-state index contributed by atoms with van der Waals surface area (Å²) in [6, 6.07) is 2.91.